The zero-order valence-corrected chi connectivity index (χ0v) is 17.8. The van der Waals surface area contributed by atoms with Gasteiger partial charge in [-0.15, -0.1) is 5.10 Å². The molecular formula is C22H34F2N4O2. The van der Waals surface area contributed by atoms with Gasteiger partial charge in [-0.3, -0.25) is 4.79 Å². The molecule has 30 heavy (non-hydrogen) atoms. The SMILES string of the molecule is C[C@]12CC[C@H]3[C@@H](CC[C@H](CC(F)F)[C@@H]3CCCO)[C@@H]1CC[C@@H]2C(=O)Cn1cnnn1. The molecule has 3 aliphatic rings. The minimum Gasteiger partial charge on any atom is -0.396 e. The summed E-state index contributed by atoms with van der Waals surface area (Å²) in [7, 11) is 0. The van der Waals surface area contributed by atoms with Crippen molar-refractivity contribution in [2.75, 3.05) is 6.61 Å². The molecule has 0 bridgehead atoms. The van der Waals surface area contributed by atoms with Gasteiger partial charge in [-0.25, -0.2) is 13.5 Å². The van der Waals surface area contributed by atoms with Crippen LogP contribution in [0.2, 0.25) is 0 Å². The highest BCUT2D eigenvalue weighted by atomic mass is 19.3. The number of rotatable bonds is 8. The Labute approximate surface area is 176 Å². The molecule has 1 heterocycles. The molecule has 0 unspecified atom stereocenters. The maximum atomic E-state index is 13.2. The zero-order valence-electron chi connectivity index (χ0n) is 17.8. The van der Waals surface area contributed by atoms with E-state index in [9.17, 15) is 18.7 Å². The third-order valence-corrected chi connectivity index (χ3v) is 8.79. The summed E-state index contributed by atoms with van der Waals surface area (Å²) in [5.41, 5.74) is -0.0106. The highest BCUT2D eigenvalue weighted by Gasteiger charge is 2.57. The number of Topliss-reactive ketones (excluding diaryl/α,β-unsaturated/α-hetero) is 1. The predicted molar refractivity (Wildman–Crippen MR) is 107 cm³/mol. The molecule has 0 spiro atoms. The second-order valence-electron chi connectivity index (χ2n) is 10.1. The summed E-state index contributed by atoms with van der Waals surface area (Å²) in [6, 6.07) is 0. The van der Waals surface area contributed by atoms with Gasteiger partial charge in [-0.2, -0.15) is 0 Å². The molecule has 7 atom stereocenters. The molecule has 4 rings (SSSR count). The molecule has 3 saturated carbocycles. The third-order valence-electron chi connectivity index (χ3n) is 8.79. The summed E-state index contributed by atoms with van der Waals surface area (Å²) < 4.78 is 27.9. The number of aromatic nitrogens is 4. The first kappa shape index (κ1) is 21.8. The van der Waals surface area contributed by atoms with E-state index in [1.165, 1.54) is 11.0 Å². The van der Waals surface area contributed by atoms with Gasteiger partial charge in [0.15, 0.2) is 5.78 Å². The first-order valence-electron chi connectivity index (χ1n) is 11.6. The molecule has 1 N–H and O–H groups in total. The lowest BCUT2D eigenvalue weighted by Crippen LogP contribution is -2.48. The molecule has 0 aliphatic heterocycles. The van der Waals surface area contributed by atoms with Gasteiger partial charge in [-0.05, 0) is 96.8 Å². The number of carbonyl (C=O) groups is 1. The second-order valence-corrected chi connectivity index (χ2v) is 10.1. The van der Waals surface area contributed by atoms with Crippen LogP contribution in [0.1, 0.15) is 64.7 Å². The standard InChI is InChI=1S/C22H34F2N4O2/c1-22-9-8-16-15(3-2-10-29)14(11-21(23)24)4-5-17(16)18(22)6-7-19(22)20(30)12-28-13-25-26-27-28/h13-19,21,29H,2-12H2,1H3/t14-,15+,16-,17-,18+,19-,22+/m1/s1. The van der Waals surface area contributed by atoms with Crippen molar-refractivity contribution in [1.29, 1.82) is 0 Å². The molecule has 1 aromatic heterocycles. The van der Waals surface area contributed by atoms with Gasteiger partial charge in [0.05, 0.1) is 0 Å². The zero-order chi connectivity index (χ0) is 21.3. The fraction of sp³-hybridized carbons (Fsp3) is 0.909. The molecule has 8 heteroatoms. The molecule has 0 radical (unpaired) electrons. The highest BCUT2D eigenvalue weighted by molar-refractivity contribution is 5.82. The van der Waals surface area contributed by atoms with Gasteiger partial charge in [0, 0.05) is 18.9 Å². The minimum atomic E-state index is -2.25. The Morgan fingerprint density at radius 1 is 1.23 bits per heavy atom. The van der Waals surface area contributed by atoms with Crippen LogP contribution < -0.4 is 0 Å². The summed E-state index contributed by atoms with van der Waals surface area (Å²) in [6.45, 7) is 2.64. The number of carbonyl (C=O) groups excluding carboxylic acids is 1. The number of aliphatic hydroxyl groups is 1. The Bertz CT molecular complexity index is 716. The van der Waals surface area contributed by atoms with Crippen molar-refractivity contribution in [2.45, 2.75) is 77.7 Å². The predicted octanol–water partition coefficient (Wildman–Crippen LogP) is 3.75. The van der Waals surface area contributed by atoms with Crippen LogP contribution in [0.15, 0.2) is 6.33 Å². The summed E-state index contributed by atoms with van der Waals surface area (Å²) >= 11 is 0. The van der Waals surface area contributed by atoms with E-state index in [-0.39, 0.29) is 48.5 Å². The van der Waals surface area contributed by atoms with Gasteiger partial charge in [0.1, 0.15) is 12.9 Å². The van der Waals surface area contributed by atoms with E-state index < -0.39 is 6.43 Å². The van der Waals surface area contributed by atoms with E-state index in [0.717, 1.165) is 44.9 Å². The highest BCUT2D eigenvalue weighted by Crippen LogP contribution is 2.63. The number of hydrogen-bond donors (Lipinski definition) is 1. The van der Waals surface area contributed by atoms with Gasteiger partial charge < -0.3 is 5.11 Å². The van der Waals surface area contributed by atoms with Crippen molar-refractivity contribution >= 4 is 5.78 Å². The van der Waals surface area contributed by atoms with Crippen LogP contribution in [0.25, 0.3) is 0 Å². The number of halogens is 2. The first-order valence-corrected chi connectivity index (χ1v) is 11.6. The molecule has 6 nitrogen and oxygen atoms in total. The molecule has 168 valence electrons. The van der Waals surface area contributed by atoms with Gasteiger partial charge in [0.2, 0.25) is 6.43 Å². The van der Waals surface area contributed by atoms with E-state index in [0.29, 0.717) is 24.2 Å². The first-order chi connectivity index (χ1) is 14.4. The molecule has 3 fully saturated rings. The van der Waals surface area contributed by atoms with E-state index in [4.69, 9.17) is 0 Å². The van der Waals surface area contributed by atoms with Crippen LogP contribution in [0.5, 0.6) is 0 Å². The van der Waals surface area contributed by atoms with Crippen LogP contribution in [-0.2, 0) is 11.3 Å². The Morgan fingerprint density at radius 2 is 2.07 bits per heavy atom. The monoisotopic (exact) mass is 424 g/mol. The van der Waals surface area contributed by atoms with Gasteiger partial charge >= 0.3 is 0 Å². The Morgan fingerprint density at radius 3 is 2.77 bits per heavy atom. The average molecular weight is 425 g/mol. The van der Waals surface area contributed by atoms with Crippen molar-refractivity contribution in [3.05, 3.63) is 6.33 Å². The van der Waals surface area contributed by atoms with Crippen LogP contribution >= 0.6 is 0 Å². The summed E-state index contributed by atoms with van der Waals surface area (Å²) in [4.78, 5) is 13.1. The Hall–Kier alpha value is -1.44. The number of aliphatic hydroxyl groups excluding tert-OH is 1. The minimum absolute atomic E-state index is 0.00565. The van der Waals surface area contributed by atoms with Crippen molar-refractivity contribution in [2.24, 2.45) is 40.9 Å². The number of hydrogen-bond acceptors (Lipinski definition) is 5. The van der Waals surface area contributed by atoms with Crippen molar-refractivity contribution < 1.29 is 18.7 Å². The van der Waals surface area contributed by atoms with Crippen molar-refractivity contribution in [3.63, 3.8) is 0 Å². The molecule has 1 aromatic rings. The van der Waals surface area contributed by atoms with E-state index in [1.807, 2.05) is 0 Å². The van der Waals surface area contributed by atoms with Crippen LogP contribution in [0.3, 0.4) is 0 Å². The van der Waals surface area contributed by atoms with E-state index in [2.05, 4.69) is 22.4 Å². The number of tetrazole rings is 1. The van der Waals surface area contributed by atoms with Crippen LogP contribution in [0, 0.1) is 40.9 Å². The molecule has 0 saturated heterocycles. The van der Waals surface area contributed by atoms with Crippen molar-refractivity contribution in [3.8, 4) is 0 Å². The van der Waals surface area contributed by atoms with E-state index >= 15 is 0 Å². The molecular weight excluding hydrogens is 390 g/mol. The molecule has 0 aromatic carbocycles. The number of fused-ring (bicyclic) bond motifs is 3. The summed E-state index contributed by atoms with van der Waals surface area (Å²) in [6.07, 6.45) is 6.60. The van der Waals surface area contributed by atoms with Crippen molar-refractivity contribution in [1.82, 2.24) is 20.2 Å². The number of alkyl halides is 2. The number of nitrogens with zero attached hydrogens (tertiary/aromatic N) is 4. The topological polar surface area (TPSA) is 80.9 Å². The lowest BCUT2D eigenvalue weighted by atomic mass is 9.50. The smallest absolute Gasteiger partial charge is 0.238 e. The Balaban J connectivity index is 1.49. The summed E-state index contributed by atoms with van der Waals surface area (Å²) in [5.74, 6) is 2.07. The average Bonchev–Trinajstić information content (AvgIpc) is 3.33. The fourth-order valence-electron chi connectivity index (χ4n) is 7.58. The second kappa shape index (κ2) is 8.97. The fourth-order valence-corrected chi connectivity index (χ4v) is 7.58. The quantitative estimate of drug-likeness (QED) is 0.687. The third kappa shape index (κ3) is 4.04. The molecule has 0 amide bonds. The van der Waals surface area contributed by atoms with Gasteiger partial charge in [0.25, 0.3) is 0 Å². The molecule has 3 aliphatic carbocycles. The van der Waals surface area contributed by atoms with Gasteiger partial charge in [-0.1, -0.05) is 6.92 Å². The summed E-state index contributed by atoms with van der Waals surface area (Å²) in [5, 5.41) is 20.4. The van der Waals surface area contributed by atoms with E-state index in [1.54, 1.807) is 0 Å². The maximum Gasteiger partial charge on any atom is 0.238 e. The Kier molecular flexibility index (Phi) is 6.51. The lowest BCUT2D eigenvalue weighted by molar-refractivity contribution is -0.131. The largest absolute Gasteiger partial charge is 0.396 e. The maximum absolute atomic E-state index is 13.2. The lowest BCUT2D eigenvalue weighted by Gasteiger charge is -2.54. The van der Waals surface area contributed by atoms with Crippen LogP contribution in [0.4, 0.5) is 8.78 Å². The number of ketones is 1. The normalized spacial score (nSPS) is 38.4. The van der Waals surface area contributed by atoms with Crippen LogP contribution in [-0.4, -0.2) is 44.1 Å².